The van der Waals surface area contributed by atoms with Crippen molar-refractivity contribution in [1.29, 1.82) is 0 Å². The van der Waals surface area contributed by atoms with Gasteiger partial charge in [0.25, 0.3) is 0 Å². The summed E-state index contributed by atoms with van der Waals surface area (Å²) in [4.78, 5) is 22.9. The summed E-state index contributed by atoms with van der Waals surface area (Å²) >= 11 is 6.20. The van der Waals surface area contributed by atoms with Gasteiger partial charge < -0.3 is 0 Å². The van der Waals surface area contributed by atoms with E-state index in [4.69, 9.17) is 11.6 Å². The van der Waals surface area contributed by atoms with Gasteiger partial charge in [-0.3, -0.25) is 13.9 Å². The minimum atomic E-state index is -3.49. The van der Waals surface area contributed by atoms with Crippen molar-refractivity contribution >= 4 is 49.7 Å². The summed E-state index contributed by atoms with van der Waals surface area (Å²) in [6.45, 7) is 0. The summed E-state index contributed by atoms with van der Waals surface area (Å²) < 4.78 is 35.4. The Labute approximate surface area is 184 Å². The lowest BCUT2D eigenvalue weighted by Crippen LogP contribution is -2.27. The largest absolute Gasteiger partial charge is 0.274 e. The quantitative estimate of drug-likeness (QED) is 0.609. The number of nitrogens with zero attached hydrogens (tertiary/aromatic N) is 3. The highest BCUT2D eigenvalue weighted by Crippen LogP contribution is 2.33. The second-order valence-corrected chi connectivity index (χ2v) is 11.2. The van der Waals surface area contributed by atoms with Gasteiger partial charge in [0.2, 0.25) is 5.91 Å². The molecule has 1 fully saturated rings. The molecule has 1 heterocycles. The van der Waals surface area contributed by atoms with Crippen LogP contribution >= 0.6 is 11.6 Å². The molecule has 1 aromatic heterocycles. The van der Waals surface area contributed by atoms with Crippen molar-refractivity contribution in [1.82, 2.24) is 9.97 Å². The van der Waals surface area contributed by atoms with Crippen LogP contribution in [0.4, 0.5) is 11.5 Å². The average Bonchev–Trinajstić information content (AvgIpc) is 3.20. The van der Waals surface area contributed by atoms with E-state index in [1.54, 1.807) is 0 Å². The minimum Gasteiger partial charge on any atom is -0.274 e. The Balaban J connectivity index is 1.95. The Kier molecular flexibility index (Phi) is 7.26. The first kappa shape index (κ1) is 22.8. The molecule has 1 aliphatic carbocycles. The minimum absolute atomic E-state index is 0.00548. The van der Waals surface area contributed by atoms with Crippen LogP contribution in [-0.4, -0.2) is 41.0 Å². The van der Waals surface area contributed by atoms with Crippen LogP contribution in [0.2, 0.25) is 5.02 Å². The predicted octanol–water partition coefficient (Wildman–Crippen LogP) is 3.91. The lowest BCUT2D eigenvalue weighted by molar-refractivity contribution is -0.118. The molecule has 2 aromatic rings. The fourth-order valence-corrected chi connectivity index (χ4v) is 5.37. The number of carbonyl (C=O) groups excluding carboxylic acids is 1. The van der Waals surface area contributed by atoms with Crippen molar-refractivity contribution in [3.05, 3.63) is 35.6 Å². The number of carbonyl (C=O) groups is 1. The molecule has 1 amide bonds. The zero-order chi connectivity index (χ0) is 21.9. The summed E-state index contributed by atoms with van der Waals surface area (Å²) in [5, 5.41) is 0.338. The summed E-state index contributed by atoms with van der Waals surface area (Å²) in [7, 11) is -4.79. The van der Waals surface area contributed by atoms with Crippen LogP contribution < -0.4 is 4.90 Å². The molecule has 0 N–H and O–H groups in total. The molecule has 1 atom stereocenters. The highest BCUT2D eigenvalue weighted by molar-refractivity contribution is 7.90. The van der Waals surface area contributed by atoms with E-state index in [1.165, 1.54) is 54.6 Å². The third-order valence-electron chi connectivity index (χ3n) is 5.20. The lowest BCUT2D eigenvalue weighted by Gasteiger charge is -2.23. The highest BCUT2D eigenvalue weighted by Gasteiger charge is 2.24. The molecule has 0 radical (unpaired) electrons. The average molecular weight is 470 g/mol. The van der Waals surface area contributed by atoms with E-state index < -0.39 is 20.6 Å². The van der Waals surface area contributed by atoms with E-state index in [1.807, 2.05) is 0 Å². The Bertz CT molecular complexity index is 1050. The third-order valence-corrected chi connectivity index (χ3v) is 7.58. The maximum Gasteiger partial charge on any atom is 0.232 e. The maximum atomic E-state index is 13.1. The number of anilines is 2. The maximum absolute atomic E-state index is 13.1. The summed E-state index contributed by atoms with van der Waals surface area (Å²) in [5.74, 6) is 0.636. The molecule has 1 saturated carbocycles. The van der Waals surface area contributed by atoms with Gasteiger partial charge in [-0.1, -0.05) is 37.3 Å². The van der Waals surface area contributed by atoms with E-state index in [-0.39, 0.29) is 21.6 Å². The molecule has 0 spiro atoms. The van der Waals surface area contributed by atoms with Crippen molar-refractivity contribution in [2.45, 2.75) is 48.4 Å². The first-order valence-electron chi connectivity index (χ1n) is 9.65. The molecular formula is C20H24ClN3O4S2. The van der Waals surface area contributed by atoms with E-state index in [9.17, 15) is 17.4 Å². The second-order valence-electron chi connectivity index (χ2n) is 7.47. The van der Waals surface area contributed by atoms with Crippen molar-refractivity contribution in [2.24, 2.45) is 5.92 Å². The number of hydrogen-bond donors (Lipinski definition) is 0. The van der Waals surface area contributed by atoms with Crippen molar-refractivity contribution < 1.29 is 17.4 Å². The van der Waals surface area contributed by atoms with Gasteiger partial charge in [-0.25, -0.2) is 18.4 Å². The van der Waals surface area contributed by atoms with Crippen LogP contribution in [-0.2, 0) is 25.4 Å². The Hall–Kier alpha value is -1.84. The molecule has 7 nitrogen and oxygen atoms in total. The van der Waals surface area contributed by atoms with Crippen LogP contribution in [0, 0.1) is 5.92 Å². The van der Waals surface area contributed by atoms with Crippen molar-refractivity contribution in [2.75, 3.05) is 17.4 Å². The van der Waals surface area contributed by atoms with Crippen molar-refractivity contribution in [3.8, 4) is 0 Å². The number of aromatic nitrogens is 2. The smallest absolute Gasteiger partial charge is 0.232 e. The van der Waals surface area contributed by atoms with Crippen LogP contribution in [0.5, 0.6) is 0 Å². The van der Waals surface area contributed by atoms with E-state index in [2.05, 4.69) is 9.97 Å². The molecule has 0 bridgehead atoms. The molecule has 3 rings (SSSR count). The third kappa shape index (κ3) is 5.44. The van der Waals surface area contributed by atoms with Gasteiger partial charge in [0, 0.05) is 18.9 Å². The van der Waals surface area contributed by atoms with Gasteiger partial charge in [0.15, 0.2) is 15.7 Å². The van der Waals surface area contributed by atoms with Crippen LogP contribution in [0.15, 0.2) is 40.5 Å². The molecule has 10 heteroatoms. The van der Waals surface area contributed by atoms with E-state index in [0.29, 0.717) is 23.1 Å². The Morgan fingerprint density at radius 3 is 2.47 bits per heavy atom. The number of rotatable bonds is 7. The van der Waals surface area contributed by atoms with Gasteiger partial charge in [0.05, 0.1) is 38.8 Å². The first-order chi connectivity index (χ1) is 14.2. The topological polar surface area (TPSA) is 97.3 Å². The molecule has 1 unspecified atom stereocenters. The molecule has 0 saturated heterocycles. The molecular weight excluding hydrogens is 446 g/mol. The number of sulfone groups is 1. The normalized spacial score (nSPS) is 15.8. The summed E-state index contributed by atoms with van der Waals surface area (Å²) in [6, 6.07) is 4.36. The molecule has 0 aliphatic heterocycles. The van der Waals surface area contributed by atoms with Gasteiger partial charge in [0.1, 0.15) is 5.03 Å². The molecule has 30 heavy (non-hydrogen) atoms. The van der Waals surface area contributed by atoms with Gasteiger partial charge >= 0.3 is 0 Å². The van der Waals surface area contributed by atoms with Crippen molar-refractivity contribution in [3.63, 3.8) is 0 Å². The van der Waals surface area contributed by atoms with Gasteiger partial charge in [-0.2, -0.15) is 0 Å². The molecule has 1 aromatic carbocycles. The molecule has 162 valence electrons. The molecule has 1 aliphatic rings. The predicted molar refractivity (Wildman–Crippen MR) is 117 cm³/mol. The lowest BCUT2D eigenvalue weighted by atomic mass is 10.0. The first-order valence-corrected chi connectivity index (χ1v) is 13.5. The van der Waals surface area contributed by atoms with Gasteiger partial charge in [-0.05, 0) is 30.5 Å². The number of benzene rings is 1. The number of hydrogen-bond acceptors (Lipinski definition) is 6. The number of halogens is 1. The Morgan fingerprint density at radius 1 is 1.23 bits per heavy atom. The summed E-state index contributed by atoms with van der Waals surface area (Å²) in [5.41, 5.74) is 0.406. The highest BCUT2D eigenvalue weighted by atomic mass is 35.5. The monoisotopic (exact) mass is 469 g/mol. The van der Waals surface area contributed by atoms with E-state index in [0.717, 1.165) is 25.5 Å². The fraction of sp³-hybridized carbons (Fsp3) is 0.450. The summed E-state index contributed by atoms with van der Waals surface area (Å²) in [6.07, 6.45) is 11.1. The van der Waals surface area contributed by atoms with Crippen LogP contribution in [0.3, 0.4) is 0 Å². The second kappa shape index (κ2) is 9.53. The fourth-order valence-electron chi connectivity index (χ4n) is 3.65. The zero-order valence-corrected chi connectivity index (χ0v) is 19.3. The van der Waals surface area contributed by atoms with Crippen LogP contribution in [0.1, 0.15) is 38.5 Å². The van der Waals surface area contributed by atoms with E-state index >= 15 is 0 Å². The number of amides is 1. The Morgan fingerprint density at radius 2 is 1.93 bits per heavy atom. The standard InChI is InChI=1S/C20H24ClN3O4S2/c1-29(26)19-13-22-18(12-23-19)24(20(25)10-7-14-5-3-4-6-14)15-8-9-17(16(21)11-15)30(2,27)28/h8-9,11-14H,3-7,10H2,1-2H3. The van der Waals surface area contributed by atoms with Crippen LogP contribution in [0.25, 0.3) is 0 Å². The zero-order valence-electron chi connectivity index (χ0n) is 16.9. The SMILES string of the molecule is CS(=O)c1cnc(N(C(=O)CCC2CCCC2)c2ccc(S(C)(=O)=O)c(Cl)c2)cn1. The van der Waals surface area contributed by atoms with Gasteiger partial charge in [-0.15, -0.1) is 0 Å².